The first kappa shape index (κ1) is 29.2. The van der Waals surface area contributed by atoms with Crippen molar-refractivity contribution in [1.82, 2.24) is 0 Å². The van der Waals surface area contributed by atoms with E-state index in [1.54, 1.807) is 0 Å². The fourth-order valence-corrected chi connectivity index (χ4v) is 7.42. The highest BCUT2D eigenvalue weighted by molar-refractivity contribution is 6.71. The number of hydrogen-bond donors (Lipinski definition) is 0. The first-order valence-corrected chi connectivity index (χ1v) is 24.8. The molecule has 1 fully saturated rings. The van der Waals surface area contributed by atoms with Crippen molar-refractivity contribution >= 4 is 39.2 Å². The van der Waals surface area contributed by atoms with Gasteiger partial charge in [-0.05, 0) is 78.6 Å². The predicted molar refractivity (Wildman–Crippen MR) is 134 cm³/mol. The molecule has 0 spiro atoms. The average molecular weight is 511 g/mol. The Morgan fingerprint density at radius 1 is 0.645 bits per heavy atom. The zero-order valence-electron chi connectivity index (χ0n) is 22.0. The van der Waals surface area contributed by atoms with Gasteiger partial charge in [0.2, 0.25) is 0 Å². The molecule has 11 heteroatoms. The molecule has 1 saturated heterocycles. The Morgan fingerprint density at radius 3 is 1.42 bits per heavy atom. The fourth-order valence-electron chi connectivity index (χ4n) is 3.28. The summed E-state index contributed by atoms with van der Waals surface area (Å²) < 4.78 is 38.3. The molecule has 0 aromatic carbocycles. The molecule has 0 N–H and O–H groups in total. The zero-order valence-corrected chi connectivity index (χ0v) is 26.0. The van der Waals surface area contributed by atoms with E-state index in [1.807, 2.05) is 0 Å². The molecule has 184 valence electrons. The van der Waals surface area contributed by atoms with Gasteiger partial charge in [0.25, 0.3) is 0 Å². The fraction of sp³-hybridized carbons (Fsp3) is 0.950. The number of hydrogen-bond acceptors (Lipinski definition) is 7. The van der Waals surface area contributed by atoms with Crippen molar-refractivity contribution in [3.63, 3.8) is 0 Å². The second kappa shape index (κ2) is 10.6. The topological polar surface area (TPSA) is 72.5 Å². The number of rotatable bonds is 10. The number of carbonyl (C=O) groups is 1. The van der Waals surface area contributed by atoms with Gasteiger partial charge >= 0.3 is 5.97 Å². The molecular formula is C20H46O7Si4. The van der Waals surface area contributed by atoms with Gasteiger partial charge in [0.05, 0.1) is 0 Å². The summed E-state index contributed by atoms with van der Waals surface area (Å²) in [6.45, 7) is 27.3. The Hall–Kier alpha value is 0.138. The van der Waals surface area contributed by atoms with Crippen molar-refractivity contribution in [2.24, 2.45) is 0 Å². The Bertz CT molecular complexity index is 590. The highest BCUT2D eigenvalue weighted by atomic mass is 28.4. The predicted octanol–water partition coefficient (Wildman–Crippen LogP) is 4.79. The van der Waals surface area contributed by atoms with Crippen molar-refractivity contribution in [3.05, 3.63) is 0 Å². The largest absolute Gasteiger partial charge is 0.463 e. The van der Waals surface area contributed by atoms with E-state index in [9.17, 15) is 4.79 Å². The van der Waals surface area contributed by atoms with Crippen molar-refractivity contribution in [2.45, 2.75) is 116 Å². The highest BCUT2D eigenvalue weighted by Gasteiger charge is 2.52. The summed E-state index contributed by atoms with van der Waals surface area (Å²) in [5.74, 6) is -0.346. The van der Waals surface area contributed by atoms with Crippen LogP contribution < -0.4 is 0 Å². The van der Waals surface area contributed by atoms with Crippen molar-refractivity contribution in [2.75, 3.05) is 6.61 Å². The maximum Gasteiger partial charge on any atom is 0.302 e. The van der Waals surface area contributed by atoms with Crippen LogP contribution in [0.15, 0.2) is 0 Å². The second-order valence-corrected chi connectivity index (χ2v) is 30.0. The third-order valence-electron chi connectivity index (χ3n) is 3.98. The van der Waals surface area contributed by atoms with Crippen LogP contribution in [0, 0.1) is 0 Å². The van der Waals surface area contributed by atoms with Gasteiger partial charge in [-0.25, -0.2) is 0 Å². The lowest BCUT2D eigenvalue weighted by Crippen LogP contribution is -2.67. The normalized spacial score (nSPS) is 28.5. The smallest absolute Gasteiger partial charge is 0.302 e. The van der Waals surface area contributed by atoms with E-state index in [-0.39, 0.29) is 18.7 Å². The van der Waals surface area contributed by atoms with Crippen LogP contribution in [-0.4, -0.2) is 76.6 Å². The standard InChI is InChI=1S/C20H46O7Si4/c1-15(21)22-14-16-17(24-28(2,3)4)18(25-29(5,6)7)19(26-30(8,9)10)20(23-16)27-31(11,12)13/h16-20H,14H2,1-13H3/t16-,17-,18+,19+,20-/m1/s1. The number of ether oxygens (including phenoxy) is 2. The van der Waals surface area contributed by atoms with Gasteiger partial charge in [0, 0.05) is 6.92 Å². The third kappa shape index (κ3) is 11.7. The molecule has 1 rings (SSSR count). The lowest BCUT2D eigenvalue weighted by molar-refractivity contribution is -0.270. The van der Waals surface area contributed by atoms with Crippen molar-refractivity contribution < 1.29 is 32.0 Å². The quantitative estimate of drug-likeness (QED) is 0.309. The first-order chi connectivity index (χ1) is 13.7. The van der Waals surface area contributed by atoms with E-state index < -0.39 is 57.9 Å². The lowest BCUT2D eigenvalue weighted by Gasteiger charge is -2.51. The summed E-state index contributed by atoms with van der Waals surface area (Å²) in [5.41, 5.74) is 0. The van der Waals surface area contributed by atoms with E-state index in [0.29, 0.717) is 0 Å². The van der Waals surface area contributed by atoms with Gasteiger partial charge in [-0.15, -0.1) is 0 Å². The molecule has 1 aliphatic heterocycles. The summed E-state index contributed by atoms with van der Waals surface area (Å²) in [6, 6.07) is 0. The number of carbonyl (C=O) groups excluding carboxylic acids is 1. The average Bonchev–Trinajstić information content (AvgIpc) is 2.46. The summed E-state index contributed by atoms with van der Waals surface area (Å²) >= 11 is 0. The molecule has 1 aliphatic rings. The van der Waals surface area contributed by atoms with E-state index in [0.717, 1.165) is 0 Å². The van der Waals surface area contributed by atoms with E-state index in [2.05, 4.69) is 78.6 Å². The van der Waals surface area contributed by atoms with Crippen LogP contribution in [0.2, 0.25) is 78.6 Å². The third-order valence-corrected chi connectivity index (χ3v) is 7.86. The van der Waals surface area contributed by atoms with Gasteiger partial charge in [0.1, 0.15) is 31.0 Å². The van der Waals surface area contributed by atoms with Crippen LogP contribution in [0.4, 0.5) is 0 Å². The number of esters is 1. The minimum atomic E-state index is -1.98. The molecule has 0 radical (unpaired) electrons. The lowest BCUT2D eigenvalue weighted by atomic mass is 9.99. The molecule has 0 amide bonds. The van der Waals surface area contributed by atoms with Gasteiger partial charge in [-0.2, -0.15) is 0 Å². The molecule has 31 heavy (non-hydrogen) atoms. The van der Waals surface area contributed by atoms with E-state index >= 15 is 0 Å². The first-order valence-electron chi connectivity index (χ1n) is 11.2. The molecule has 0 unspecified atom stereocenters. The van der Waals surface area contributed by atoms with Crippen LogP contribution in [-0.2, 0) is 32.0 Å². The maximum atomic E-state index is 11.6. The summed E-state index contributed by atoms with van der Waals surface area (Å²) in [7, 11) is -7.89. The molecule has 5 atom stereocenters. The Labute approximate surface area is 194 Å². The van der Waals surface area contributed by atoms with Crippen molar-refractivity contribution in [1.29, 1.82) is 0 Å². The molecule has 0 aromatic heterocycles. The van der Waals surface area contributed by atoms with E-state index in [4.69, 9.17) is 27.2 Å². The monoisotopic (exact) mass is 510 g/mol. The van der Waals surface area contributed by atoms with E-state index in [1.165, 1.54) is 6.92 Å². The molecule has 0 bridgehead atoms. The molecule has 0 aliphatic carbocycles. The van der Waals surface area contributed by atoms with Crippen LogP contribution in [0.25, 0.3) is 0 Å². The second-order valence-electron chi connectivity index (χ2n) is 12.2. The molecule has 1 heterocycles. The SMILES string of the molecule is CC(=O)OC[C@H]1O[C@H](O[Si](C)(C)C)[C@@H](O[Si](C)(C)C)[C@@H](O[Si](C)(C)C)[C@@H]1O[Si](C)(C)C. The summed E-state index contributed by atoms with van der Waals surface area (Å²) in [4.78, 5) is 11.6. The summed E-state index contributed by atoms with van der Waals surface area (Å²) in [5, 5.41) is 0. The molecule has 7 nitrogen and oxygen atoms in total. The Kier molecular flexibility index (Phi) is 9.97. The van der Waals surface area contributed by atoms with Gasteiger partial charge in [-0.1, -0.05) is 0 Å². The van der Waals surface area contributed by atoms with Crippen LogP contribution >= 0.6 is 0 Å². The Morgan fingerprint density at radius 2 is 1.03 bits per heavy atom. The van der Waals surface area contributed by atoms with Gasteiger partial charge in [0.15, 0.2) is 39.6 Å². The van der Waals surface area contributed by atoms with Crippen LogP contribution in [0.1, 0.15) is 6.92 Å². The highest BCUT2D eigenvalue weighted by Crippen LogP contribution is 2.35. The molecule has 0 saturated carbocycles. The van der Waals surface area contributed by atoms with Gasteiger partial charge in [-0.3, -0.25) is 4.79 Å². The summed E-state index contributed by atoms with van der Waals surface area (Å²) in [6.07, 6.45) is -2.25. The van der Waals surface area contributed by atoms with Crippen LogP contribution in [0.5, 0.6) is 0 Å². The molecule has 0 aromatic rings. The maximum absolute atomic E-state index is 11.6. The van der Waals surface area contributed by atoms with Gasteiger partial charge < -0.3 is 27.2 Å². The minimum absolute atomic E-state index is 0.0985. The minimum Gasteiger partial charge on any atom is -0.463 e. The molecular weight excluding hydrogens is 465 g/mol. The Balaban J connectivity index is 3.48. The van der Waals surface area contributed by atoms with Crippen LogP contribution in [0.3, 0.4) is 0 Å². The van der Waals surface area contributed by atoms with Crippen molar-refractivity contribution in [3.8, 4) is 0 Å². The zero-order chi connectivity index (χ0) is 24.4.